The number of hydrogen-bond acceptors (Lipinski definition) is 4. The molecule has 0 atom stereocenters. The lowest BCUT2D eigenvalue weighted by atomic mass is 10.2. The van der Waals surface area contributed by atoms with Crippen molar-refractivity contribution in [2.24, 2.45) is 0 Å². The third-order valence-electron chi connectivity index (χ3n) is 1.94. The smallest absolute Gasteiger partial charge is 0.148 e. The van der Waals surface area contributed by atoms with E-state index >= 15 is 0 Å². The summed E-state index contributed by atoms with van der Waals surface area (Å²) in [6, 6.07) is 3.86. The van der Waals surface area contributed by atoms with Gasteiger partial charge in [0.05, 0.1) is 5.69 Å². The topological polar surface area (TPSA) is 58.0 Å². The van der Waals surface area contributed by atoms with Crippen molar-refractivity contribution in [2.45, 2.75) is 26.2 Å². The molecule has 0 radical (unpaired) electrons. The first-order valence-corrected chi connectivity index (χ1v) is 4.98. The van der Waals surface area contributed by atoms with Crippen LogP contribution >= 0.6 is 0 Å². The van der Waals surface area contributed by atoms with E-state index in [1.54, 1.807) is 0 Å². The first-order chi connectivity index (χ1) is 6.83. The highest BCUT2D eigenvalue weighted by Gasteiger charge is 1.93. The second-order valence-electron chi connectivity index (χ2n) is 3.27. The molecule has 4 nitrogen and oxygen atoms in total. The van der Waals surface area contributed by atoms with Gasteiger partial charge in [0.25, 0.3) is 0 Å². The number of aryl methyl sites for hydroxylation is 1. The van der Waals surface area contributed by atoms with E-state index < -0.39 is 0 Å². The van der Waals surface area contributed by atoms with Crippen LogP contribution in [-0.2, 0) is 0 Å². The van der Waals surface area contributed by atoms with Crippen LogP contribution in [0.25, 0.3) is 0 Å². The molecular weight excluding hydrogens is 178 g/mol. The molecule has 0 spiro atoms. The Kier molecular flexibility index (Phi) is 4.93. The van der Waals surface area contributed by atoms with Crippen LogP contribution in [0.5, 0.6) is 0 Å². The molecule has 0 aromatic carbocycles. The molecule has 2 N–H and O–H groups in total. The van der Waals surface area contributed by atoms with E-state index in [1.807, 2.05) is 19.1 Å². The Balaban J connectivity index is 2.15. The summed E-state index contributed by atoms with van der Waals surface area (Å²) in [5.74, 6) is 0.819. The minimum absolute atomic E-state index is 0.282. The number of aliphatic hydroxyl groups excluding tert-OH is 1. The van der Waals surface area contributed by atoms with E-state index in [0.717, 1.165) is 37.3 Å². The molecule has 0 bridgehead atoms. The summed E-state index contributed by atoms with van der Waals surface area (Å²) in [5.41, 5.74) is 0.927. The largest absolute Gasteiger partial charge is 0.396 e. The van der Waals surface area contributed by atoms with Crippen molar-refractivity contribution in [1.82, 2.24) is 10.2 Å². The maximum Gasteiger partial charge on any atom is 0.148 e. The molecule has 0 saturated carbocycles. The molecule has 1 aromatic rings. The maximum atomic E-state index is 8.57. The summed E-state index contributed by atoms with van der Waals surface area (Å²) in [4.78, 5) is 0. The van der Waals surface area contributed by atoms with Gasteiger partial charge in [-0.1, -0.05) is 0 Å². The highest BCUT2D eigenvalue weighted by molar-refractivity contribution is 5.32. The fraction of sp³-hybridized carbons (Fsp3) is 0.600. The van der Waals surface area contributed by atoms with Gasteiger partial charge < -0.3 is 10.4 Å². The van der Waals surface area contributed by atoms with Crippen molar-refractivity contribution in [2.75, 3.05) is 18.5 Å². The van der Waals surface area contributed by atoms with Gasteiger partial charge in [-0.05, 0) is 38.3 Å². The molecule has 0 aliphatic heterocycles. The second-order valence-corrected chi connectivity index (χ2v) is 3.27. The standard InChI is InChI=1S/C10H17N3O/c1-9-5-6-10(13-12-9)11-7-3-2-4-8-14/h5-6,14H,2-4,7-8H2,1H3,(H,11,13). The molecule has 1 heterocycles. The van der Waals surface area contributed by atoms with Crippen molar-refractivity contribution >= 4 is 5.82 Å². The molecule has 1 aromatic heterocycles. The van der Waals surface area contributed by atoms with E-state index in [4.69, 9.17) is 5.11 Å². The van der Waals surface area contributed by atoms with Crippen molar-refractivity contribution in [1.29, 1.82) is 0 Å². The molecule has 0 amide bonds. The third-order valence-corrected chi connectivity index (χ3v) is 1.94. The summed E-state index contributed by atoms with van der Waals surface area (Å²) >= 11 is 0. The first kappa shape index (κ1) is 10.9. The average molecular weight is 195 g/mol. The number of unbranched alkanes of at least 4 members (excludes halogenated alkanes) is 2. The minimum atomic E-state index is 0.282. The van der Waals surface area contributed by atoms with Gasteiger partial charge in [0.1, 0.15) is 5.82 Å². The predicted molar refractivity (Wildman–Crippen MR) is 56.2 cm³/mol. The maximum absolute atomic E-state index is 8.57. The number of anilines is 1. The Hall–Kier alpha value is -1.16. The van der Waals surface area contributed by atoms with E-state index in [0.29, 0.717) is 0 Å². The van der Waals surface area contributed by atoms with Crippen LogP contribution in [-0.4, -0.2) is 28.5 Å². The van der Waals surface area contributed by atoms with Gasteiger partial charge in [0.2, 0.25) is 0 Å². The van der Waals surface area contributed by atoms with Crippen LogP contribution < -0.4 is 5.32 Å². The lowest BCUT2D eigenvalue weighted by molar-refractivity contribution is 0.283. The average Bonchev–Trinajstić information content (AvgIpc) is 2.21. The predicted octanol–water partition coefficient (Wildman–Crippen LogP) is 1.36. The van der Waals surface area contributed by atoms with Crippen LogP contribution in [0.1, 0.15) is 25.0 Å². The van der Waals surface area contributed by atoms with Crippen LogP contribution in [0.15, 0.2) is 12.1 Å². The summed E-state index contributed by atoms with van der Waals surface area (Å²) in [6.45, 7) is 3.08. The molecule has 0 aliphatic rings. The van der Waals surface area contributed by atoms with Crippen molar-refractivity contribution in [3.63, 3.8) is 0 Å². The molecule has 0 aliphatic carbocycles. The van der Waals surface area contributed by atoms with Gasteiger partial charge in [0, 0.05) is 13.2 Å². The Bertz CT molecular complexity index is 248. The highest BCUT2D eigenvalue weighted by atomic mass is 16.2. The lowest BCUT2D eigenvalue weighted by Crippen LogP contribution is -2.04. The van der Waals surface area contributed by atoms with Crippen LogP contribution in [0.3, 0.4) is 0 Å². The molecule has 0 unspecified atom stereocenters. The van der Waals surface area contributed by atoms with Crippen LogP contribution in [0.2, 0.25) is 0 Å². The molecule has 1 rings (SSSR count). The highest BCUT2D eigenvalue weighted by Crippen LogP contribution is 2.02. The monoisotopic (exact) mass is 195 g/mol. The molecule has 78 valence electrons. The van der Waals surface area contributed by atoms with E-state index in [9.17, 15) is 0 Å². The molecular formula is C10H17N3O. The van der Waals surface area contributed by atoms with Crippen molar-refractivity contribution in [3.8, 4) is 0 Å². The van der Waals surface area contributed by atoms with Crippen LogP contribution in [0, 0.1) is 6.92 Å². The Labute approximate surface area is 84.4 Å². The van der Waals surface area contributed by atoms with Crippen molar-refractivity contribution < 1.29 is 5.11 Å². The van der Waals surface area contributed by atoms with Gasteiger partial charge >= 0.3 is 0 Å². The Morgan fingerprint density at radius 2 is 2.07 bits per heavy atom. The zero-order chi connectivity index (χ0) is 10.2. The van der Waals surface area contributed by atoms with Gasteiger partial charge in [-0.3, -0.25) is 0 Å². The number of hydrogen-bond donors (Lipinski definition) is 2. The zero-order valence-corrected chi connectivity index (χ0v) is 8.53. The number of aliphatic hydroxyl groups is 1. The molecule has 0 fully saturated rings. The third kappa shape index (κ3) is 4.18. The SMILES string of the molecule is Cc1ccc(NCCCCCO)nn1. The fourth-order valence-electron chi connectivity index (χ4n) is 1.12. The van der Waals surface area contributed by atoms with Crippen molar-refractivity contribution in [3.05, 3.63) is 17.8 Å². The van der Waals surface area contributed by atoms with Crippen LogP contribution in [0.4, 0.5) is 5.82 Å². The Morgan fingerprint density at radius 1 is 1.21 bits per heavy atom. The molecule has 4 heteroatoms. The number of aromatic nitrogens is 2. The van der Waals surface area contributed by atoms with E-state index in [2.05, 4.69) is 15.5 Å². The number of rotatable bonds is 6. The van der Waals surface area contributed by atoms with Gasteiger partial charge in [-0.25, -0.2) is 0 Å². The normalized spacial score (nSPS) is 10.1. The van der Waals surface area contributed by atoms with Gasteiger partial charge in [-0.15, -0.1) is 5.10 Å². The van der Waals surface area contributed by atoms with Gasteiger partial charge in [0.15, 0.2) is 0 Å². The molecule has 0 saturated heterocycles. The fourth-order valence-corrected chi connectivity index (χ4v) is 1.12. The van der Waals surface area contributed by atoms with E-state index in [-0.39, 0.29) is 6.61 Å². The number of nitrogens with one attached hydrogen (secondary N) is 1. The minimum Gasteiger partial charge on any atom is -0.396 e. The quantitative estimate of drug-likeness (QED) is 0.673. The molecule has 14 heavy (non-hydrogen) atoms. The Morgan fingerprint density at radius 3 is 2.71 bits per heavy atom. The summed E-state index contributed by atoms with van der Waals surface area (Å²) < 4.78 is 0. The zero-order valence-electron chi connectivity index (χ0n) is 8.53. The first-order valence-electron chi connectivity index (χ1n) is 4.98. The summed E-state index contributed by atoms with van der Waals surface area (Å²) in [7, 11) is 0. The summed E-state index contributed by atoms with van der Waals surface area (Å²) in [5, 5.41) is 19.7. The summed E-state index contributed by atoms with van der Waals surface area (Å²) in [6.07, 6.45) is 2.97. The van der Waals surface area contributed by atoms with E-state index in [1.165, 1.54) is 0 Å². The lowest BCUT2D eigenvalue weighted by Gasteiger charge is -2.03. The number of nitrogens with zero attached hydrogens (tertiary/aromatic N) is 2. The second kappa shape index (κ2) is 6.32. The van der Waals surface area contributed by atoms with Gasteiger partial charge in [-0.2, -0.15) is 5.10 Å².